The minimum absolute atomic E-state index is 0.0217. The van der Waals surface area contributed by atoms with Crippen molar-refractivity contribution in [3.63, 3.8) is 0 Å². The Morgan fingerprint density at radius 3 is 2.77 bits per heavy atom. The maximum absolute atomic E-state index is 13.8. The van der Waals surface area contributed by atoms with E-state index in [2.05, 4.69) is 20.6 Å². The molecule has 0 atom stereocenters. The molecule has 0 aliphatic heterocycles. The summed E-state index contributed by atoms with van der Waals surface area (Å²) in [6.45, 7) is 0.0217. The van der Waals surface area contributed by atoms with Crippen LogP contribution in [0.3, 0.4) is 0 Å². The number of carbonyl (C=O) groups excluding carboxylic acids is 2. The molecule has 0 spiro atoms. The van der Waals surface area contributed by atoms with Gasteiger partial charge >= 0.3 is 0 Å². The molecular formula is C23H18ClFN4O2. The van der Waals surface area contributed by atoms with Crippen molar-refractivity contribution in [1.82, 2.24) is 15.3 Å². The number of benzene rings is 2. The van der Waals surface area contributed by atoms with Crippen LogP contribution in [0.4, 0.5) is 10.1 Å². The molecule has 0 bridgehead atoms. The zero-order valence-electron chi connectivity index (χ0n) is 16.3. The molecule has 8 heteroatoms. The number of rotatable bonds is 6. The lowest BCUT2D eigenvalue weighted by Crippen LogP contribution is -2.24. The number of aromatic amines is 1. The van der Waals surface area contributed by atoms with Gasteiger partial charge in [0.25, 0.3) is 5.91 Å². The highest BCUT2D eigenvalue weighted by molar-refractivity contribution is 6.34. The lowest BCUT2D eigenvalue weighted by Gasteiger charge is -2.10. The van der Waals surface area contributed by atoms with Crippen molar-refractivity contribution >= 4 is 40.0 Å². The van der Waals surface area contributed by atoms with Gasteiger partial charge in [-0.15, -0.1) is 0 Å². The van der Waals surface area contributed by atoms with Crippen LogP contribution in [0.5, 0.6) is 0 Å². The summed E-state index contributed by atoms with van der Waals surface area (Å²) < 4.78 is 13.8. The van der Waals surface area contributed by atoms with Gasteiger partial charge in [-0.1, -0.05) is 29.8 Å². The van der Waals surface area contributed by atoms with Gasteiger partial charge in [-0.3, -0.25) is 14.6 Å². The van der Waals surface area contributed by atoms with Gasteiger partial charge in [-0.2, -0.15) is 0 Å². The van der Waals surface area contributed by atoms with E-state index in [1.54, 1.807) is 42.9 Å². The van der Waals surface area contributed by atoms with E-state index in [1.807, 2.05) is 6.07 Å². The Kier molecular flexibility index (Phi) is 5.95. The van der Waals surface area contributed by atoms with Crippen LogP contribution < -0.4 is 10.6 Å². The average molecular weight is 437 g/mol. The van der Waals surface area contributed by atoms with Crippen LogP contribution in [0.25, 0.3) is 10.9 Å². The molecule has 0 fully saturated rings. The molecule has 4 rings (SSSR count). The van der Waals surface area contributed by atoms with E-state index in [1.165, 1.54) is 18.2 Å². The number of hydrogen-bond acceptors (Lipinski definition) is 3. The quantitative estimate of drug-likeness (QED) is 0.417. The third-order valence-electron chi connectivity index (χ3n) is 4.81. The molecule has 0 saturated heterocycles. The third kappa shape index (κ3) is 4.73. The first-order chi connectivity index (χ1) is 15.0. The second-order valence-electron chi connectivity index (χ2n) is 6.93. The number of aromatic nitrogens is 2. The summed E-state index contributed by atoms with van der Waals surface area (Å²) in [5, 5.41) is 6.59. The number of H-pyrrole nitrogens is 1. The molecule has 2 heterocycles. The highest BCUT2D eigenvalue weighted by atomic mass is 35.5. The standard InChI is InChI=1S/C23H18ClFN4O2/c24-19-6-5-16(10-18(19)23(31)28-11-14-3-1-2-4-20(14)25)29-22(30)9-15-12-27-21-13-26-8-7-17(15)21/h1-8,10,12-13,27H,9,11H2,(H,28,31)(H,29,30). The number of anilines is 1. The molecule has 3 N–H and O–H groups in total. The predicted molar refractivity (Wildman–Crippen MR) is 117 cm³/mol. The highest BCUT2D eigenvalue weighted by Gasteiger charge is 2.14. The molecule has 4 aromatic rings. The summed E-state index contributed by atoms with van der Waals surface area (Å²) >= 11 is 6.16. The summed E-state index contributed by atoms with van der Waals surface area (Å²) in [4.78, 5) is 32.2. The number of hydrogen-bond donors (Lipinski definition) is 3. The van der Waals surface area contributed by atoms with Crippen LogP contribution in [-0.2, 0) is 17.8 Å². The fourth-order valence-electron chi connectivity index (χ4n) is 3.25. The largest absolute Gasteiger partial charge is 0.360 e. The van der Waals surface area contributed by atoms with E-state index in [4.69, 9.17) is 11.6 Å². The van der Waals surface area contributed by atoms with Crippen molar-refractivity contribution in [3.8, 4) is 0 Å². The van der Waals surface area contributed by atoms with Crippen molar-refractivity contribution in [3.05, 3.63) is 94.7 Å². The molecular weight excluding hydrogens is 419 g/mol. The Hall–Kier alpha value is -3.71. The van der Waals surface area contributed by atoms with Crippen molar-refractivity contribution < 1.29 is 14.0 Å². The molecule has 0 unspecified atom stereocenters. The number of halogens is 2. The first-order valence-corrected chi connectivity index (χ1v) is 9.90. The Bertz CT molecular complexity index is 1270. The van der Waals surface area contributed by atoms with Gasteiger partial charge in [0.15, 0.2) is 0 Å². The van der Waals surface area contributed by atoms with Gasteiger partial charge in [0.05, 0.1) is 28.7 Å². The average Bonchev–Trinajstić information content (AvgIpc) is 3.17. The topological polar surface area (TPSA) is 86.9 Å². The summed E-state index contributed by atoms with van der Waals surface area (Å²) in [5.74, 6) is -1.10. The Morgan fingerprint density at radius 1 is 1.10 bits per heavy atom. The predicted octanol–water partition coefficient (Wildman–Crippen LogP) is 4.47. The number of fused-ring (bicyclic) bond motifs is 1. The molecule has 0 radical (unpaired) electrons. The van der Waals surface area contributed by atoms with E-state index in [0.717, 1.165) is 16.5 Å². The maximum Gasteiger partial charge on any atom is 0.253 e. The van der Waals surface area contributed by atoms with Crippen LogP contribution in [0.1, 0.15) is 21.5 Å². The molecule has 0 aliphatic carbocycles. The van der Waals surface area contributed by atoms with Crippen LogP contribution in [-0.4, -0.2) is 21.8 Å². The van der Waals surface area contributed by atoms with Crippen LogP contribution in [0, 0.1) is 5.82 Å². The number of pyridine rings is 1. The monoisotopic (exact) mass is 436 g/mol. The molecule has 156 valence electrons. The van der Waals surface area contributed by atoms with Crippen LogP contribution >= 0.6 is 11.6 Å². The van der Waals surface area contributed by atoms with E-state index < -0.39 is 11.7 Å². The van der Waals surface area contributed by atoms with E-state index >= 15 is 0 Å². The zero-order chi connectivity index (χ0) is 21.8. The van der Waals surface area contributed by atoms with E-state index in [9.17, 15) is 14.0 Å². The summed E-state index contributed by atoms with van der Waals surface area (Å²) in [7, 11) is 0. The summed E-state index contributed by atoms with van der Waals surface area (Å²) in [5.41, 5.74) is 2.68. The van der Waals surface area contributed by atoms with Gasteiger partial charge < -0.3 is 15.6 Å². The lowest BCUT2D eigenvalue weighted by molar-refractivity contribution is -0.115. The van der Waals surface area contributed by atoms with Crippen LogP contribution in [0.2, 0.25) is 5.02 Å². The Balaban J connectivity index is 1.44. The number of carbonyl (C=O) groups is 2. The van der Waals surface area contributed by atoms with Crippen molar-refractivity contribution in [2.24, 2.45) is 0 Å². The second kappa shape index (κ2) is 8.97. The summed E-state index contributed by atoms with van der Waals surface area (Å²) in [6, 6.07) is 12.7. The number of amides is 2. The first-order valence-electron chi connectivity index (χ1n) is 9.52. The van der Waals surface area contributed by atoms with Gasteiger partial charge in [-0.25, -0.2) is 4.39 Å². The fraction of sp³-hybridized carbons (Fsp3) is 0.0870. The highest BCUT2D eigenvalue weighted by Crippen LogP contribution is 2.22. The minimum atomic E-state index is -0.464. The minimum Gasteiger partial charge on any atom is -0.360 e. The Morgan fingerprint density at radius 2 is 1.94 bits per heavy atom. The smallest absolute Gasteiger partial charge is 0.253 e. The van der Waals surface area contributed by atoms with Crippen molar-refractivity contribution in [2.45, 2.75) is 13.0 Å². The molecule has 2 amide bonds. The SMILES string of the molecule is O=C(Cc1c[nH]c2cnccc12)Nc1ccc(Cl)c(C(=O)NCc2ccccc2F)c1. The molecule has 6 nitrogen and oxygen atoms in total. The molecule has 0 aliphatic rings. The molecule has 31 heavy (non-hydrogen) atoms. The van der Waals surface area contributed by atoms with E-state index in [-0.39, 0.29) is 29.5 Å². The zero-order valence-corrected chi connectivity index (χ0v) is 17.0. The van der Waals surface area contributed by atoms with Gasteiger partial charge in [0, 0.05) is 35.6 Å². The third-order valence-corrected chi connectivity index (χ3v) is 5.14. The van der Waals surface area contributed by atoms with Crippen molar-refractivity contribution in [2.75, 3.05) is 5.32 Å². The fourth-order valence-corrected chi connectivity index (χ4v) is 3.45. The lowest BCUT2D eigenvalue weighted by atomic mass is 10.1. The molecule has 2 aromatic heterocycles. The normalized spacial score (nSPS) is 10.8. The van der Waals surface area contributed by atoms with Gasteiger partial charge in [0.2, 0.25) is 5.91 Å². The summed E-state index contributed by atoms with van der Waals surface area (Å²) in [6.07, 6.45) is 5.29. The van der Waals surface area contributed by atoms with E-state index in [0.29, 0.717) is 11.3 Å². The molecule has 0 saturated carbocycles. The van der Waals surface area contributed by atoms with Gasteiger partial charge in [-0.05, 0) is 35.9 Å². The first kappa shape index (κ1) is 20.6. The second-order valence-corrected chi connectivity index (χ2v) is 7.34. The van der Waals surface area contributed by atoms with Crippen LogP contribution in [0.15, 0.2) is 67.1 Å². The van der Waals surface area contributed by atoms with Crippen molar-refractivity contribution in [1.29, 1.82) is 0 Å². The van der Waals surface area contributed by atoms with Gasteiger partial charge in [0.1, 0.15) is 5.82 Å². The Labute approximate surface area is 182 Å². The maximum atomic E-state index is 13.8. The number of nitrogens with zero attached hydrogens (tertiary/aromatic N) is 1. The molecule has 2 aromatic carbocycles. The number of nitrogens with one attached hydrogen (secondary N) is 3.